The van der Waals surface area contributed by atoms with Gasteiger partial charge >= 0.3 is 11.9 Å². The van der Waals surface area contributed by atoms with Gasteiger partial charge in [-0.3, -0.25) is 4.79 Å². The molecule has 0 aliphatic heterocycles. The molecule has 23 heavy (non-hydrogen) atoms. The molecule has 1 aliphatic carbocycles. The Bertz CT molecular complexity index is 648. The highest BCUT2D eigenvalue weighted by atomic mass is 127. The Hall–Kier alpha value is -1.37. The zero-order valence-electron chi connectivity index (χ0n) is 13.8. The van der Waals surface area contributed by atoms with Crippen molar-refractivity contribution in [2.45, 2.75) is 27.4 Å². The van der Waals surface area contributed by atoms with Gasteiger partial charge in [0.15, 0.2) is 0 Å². The molecule has 0 bridgehead atoms. The van der Waals surface area contributed by atoms with Crippen molar-refractivity contribution >= 4 is 34.5 Å². The van der Waals surface area contributed by atoms with Crippen molar-refractivity contribution < 1.29 is 19.1 Å². The second-order valence-corrected chi connectivity index (χ2v) is 7.65. The van der Waals surface area contributed by atoms with Gasteiger partial charge in [0.2, 0.25) is 0 Å². The SMILES string of the molecule is COC(=O)C(C)=CC1C(C(=O)OCc2cccc(I)c2)C1(C)C. The van der Waals surface area contributed by atoms with Crippen LogP contribution in [0.3, 0.4) is 0 Å². The first-order valence-corrected chi connectivity index (χ1v) is 8.53. The van der Waals surface area contributed by atoms with E-state index < -0.39 is 0 Å². The van der Waals surface area contributed by atoms with Crippen LogP contribution in [0.2, 0.25) is 0 Å². The van der Waals surface area contributed by atoms with Crippen LogP contribution in [0.1, 0.15) is 26.3 Å². The minimum absolute atomic E-state index is 0.00464. The van der Waals surface area contributed by atoms with Crippen LogP contribution in [-0.2, 0) is 25.7 Å². The van der Waals surface area contributed by atoms with E-state index in [2.05, 4.69) is 22.6 Å². The van der Waals surface area contributed by atoms with E-state index in [1.165, 1.54) is 7.11 Å². The molecule has 2 unspecified atom stereocenters. The summed E-state index contributed by atoms with van der Waals surface area (Å²) in [5, 5.41) is 0. The number of carbonyl (C=O) groups excluding carboxylic acids is 2. The van der Waals surface area contributed by atoms with E-state index in [1.807, 2.05) is 44.2 Å². The predicted octanol–water partition coefficient (Wildman–Crippen LogP) is 3.73. The summed E-state index contributed by atoms with van der Waals surface area (Å²) in [6, 6.07) is 7.86. The first-order valence-electron chi connectivity index (χ1n) is 7.45. The number of esters is 2. The summed E-state index contributed by atoms with van der Waals surface area (Å²) in [5.74, 6) is -0.790. The molecular weight excluding hydrogens is 407 g/mol. The molecule has 5 heteroatoms. The van der Waals surface area contributed by atoms with E-state index in [0.717, 1.165) is 9.13 Å². The Labute approximate surface area is 150 Å². The molecule has 1 fully saturated rings. The van der Waals surface area contributed by atoms with Gasteiger partial charge in [0.1, 0.15) is 6.61 Å². The van der Waals surface area contributed by atoms with Crippen molar-refractivity contribution in [3.63, 3.8) is 0 Å². The van der Waals surface area contributed by atoms with Crippen molar-refractivity contribution in [3.05, 3.63) is 45.0 Å². The van der Waals surface area contributed by atoms with Gasteiger partial charge in [-0.15, -0.1) is 0 Å². The Kier molecular flexibility index (Phi) is 5.49. The van der Waals surface area contributed by atoms with Crippen LogP contribution in [0, 0.1) is 20.8 Å². The molecule has 0 N–H and O–H groups in total. The summed E-state index contributed by atoms with van der Waals surface area (Å²) < 4.78 is 11.3. The average Bonchev–Trinajstić information content (AvgIpc) is 3.04. The lowest BCUT2D eigenvalue weighted by Gasteiger charge is -2.06. The minimum atomic E-state index is -0.362. The molecule has 0 saturated heterocycles. The summed E-state index contributed by atoms with van der Waals surface area (Å²) in [5.41, 5.74) is 1.30. The highest BCUT2D eigenvalue weighted by molar-refractivity contribution is 14.1. The Morgan fingerprint density at radius 2 is 2.04 bits per heavy atom. The second-order valence-electron chi connectivity index (χ2n) is 6.40. The Morgan fingerprint density at radius 3 is 2.65 bits per heavy atom. The van der Waals surface area contributed by atoms with Crippen LogP contribution in [0.5, 0.6) is 0 Å². The molecule has 0 radical (unpaired) electrons. The standard InChI is InChI=1S/C18H21IO4/c1-11(16(20)22-4)8-14-15(18(14,2)3)17(21)23-10-12-6-5-7-13(19)9-12/h5-9,14-15H,10H2,1-4H3. The Morgan fingerprint density at radius 1 is 1.35 bits per heavy atom. The average molecular weight is 428 g/mol. The fraction of sp³-hybridized carbons (Fsp3) is 0.444. The maximum absolute atomic E-state index is 12.3. The third kappa shape index (κ3) is 4.13. The normalized spacial score (nSPS) is 22.4. The van der Waals surface area contributed by atoms with Crippen LogP contribution in [0.25, 0.3) is 0 Å². The summed E-state index contributed by atoms with van der Waals surface area (Å²) in [7, 11) is 1.35. The molecule has 1 aliphatic rings. The quantitative estimate of drug-likeness (QED) is 0.408. The van der Waals surface area contributed by atoms with E-state index in [4.69, 9.17) is 9.47 Å². The highest BCUT2D eigenvalue weighted by Crippen LogP contribution is 2.59. The third-order valence-corrected chi connectivity index (χ3v) is 5.04. The number of ether oxygens (including phenoxy) is 2. The fourth-order valence-corrected chi connectivity index (χ4v) is 3.42. The number of allylic oxidation sites excluding steroid dienone is 1. The Balaban J connectivity index is 1.98. The van der Waals surface area contributed by atoms with Crippen LogP contribution in [0.4, 0.5) is 0 Å². The largest absolute Gasteiger partial charge is 0.466 e. The molecule has 0 heterocycles. The molecule has 1 saturated carbocycles. The zero-order chi connectivity index (χ0) is 17.2. The molecule has 2 rings (SSSR count). The lowest BCUT2D eigenvalue weighted by Crippen LogP contribution is -2.10. The lowest BCUT2D eigenvalue weighted by atomic mass is 10.1. The van der Waals surface area contributed by atoms with E-state index in [1.54, 1.807) is 6.92 Å². The minimum Gasteiger partial charge on any atom is -0.466 e. The van der Waals surface area contributed by atoms with Crippen LogP contribution < -0.4 is 0 Å². The van der Waals surface area contributed by atoms with E-state index in [-0.39, 0.29) is 35.8 Å². The van der Waals surface area contributed by atoms with Crippen LogP contribution in [-0.4, -0.2) is 19.0 Å². The smallest absolute Gasteiger partial charge is 0.333 e. The van der Waals surface area contributed by atoms with Crippen molar-refractivity contribution in [2.24, 2.45) is 17.3 Å². The topological polar surface area (TPSA) is 52.6 Å². The molecule has 1 aromatic carbocycles. The lowest BCUT2D eigenvalue weighted by molar-refractivity contribution is -0.147. The van der Waals surface area contributed by atoms with Gasteiger partial charge in [0.05, 0.1) is 13.0 Å². The molecule has 2 atom stereocenters. The van der Waals surface area contributed by atoms with Crippen LogP contribution in [0.15, 0.2) is 35.9 Å². The summed E-state index contributed by atoms with van der Waals surface area (Å²) >= 11 is 2.23. The van der Waals surface area contributed by atoms with Gasteiger partial charge in [-0.1, -0.05) is 32.1 Å². The number of carbonyl (C=O) groups is 2. The fourth-order valence-electron chi connectivity index (χ4n) is 2.81. The van der Waals surface area contributed by atoms with Crippen molar-refractivity contribution in [1.29, 1.82) is 0 Å². The summed E-state index contributed by atoms with van der Waals surface area (Å²) in [4.78, 5) is 23.8. The number of hydrogen-bond acceptors (Lipinski definition) is 4. The van der Waals surface area contributed by atoms with Crippen LogP contribution >= 0.6 is 22.6 Å². The molecular formula is C18H21IO4. The monoisotopic (exact) mass is 428 g/mol. The van der Waals surface area contributed by atoms with E-state index >= 15 is 0 Å². The molecule has 0 spiro atoms. The van der Waals surface area contributed by atoms with E-state index in [0.29, 0.717) is 5.57 Å². The molecule has 124 valence electrons. The van der Waals surface area contributed by atoms with Gasteiger partial charge in [0.25, 0.3) is 0 Å². The van der Waals surface area contributed by atoms with Gasteiger partial charge < -0.3 is 9.47 Å². The first-order chi connectivity index (χ1) is 10.8. The van der Waals surface area contributed by atoms with E-state index in [9.17, 15) is 9.59 Å². The van der Waals surface area contributed by atoms with Gasteiger partial charge in [-0.25, -0.2) is 4.79 Å². The number of methoxy groups -OCH3 is 1. The molecule has 0 amide bonds. The number of benzene rings is 1. The highest BCUT2D eigenvalue weighted by Gasteiger charge is 2.61. The van der Waals surface area contributed by atoms with Gasteiger partial charge in [-0.05, 0) is 58.5 Å². The van der Waals surface area contributed by atoms with Gasteiger partial charge in [-0.2, -0.15) is 0 Å². The maximum atomic E-state index is 12.3. The van der Waals surface area contributed by atoms with Crippen molar-refractivity contribution in [2.75, 3.05) is 7.11 Å². The van der Waals surface area contributed by atoms with Gasteiger partial charge in [0, 0.05) is 9.14 Å². The third-order valence-electron chi connectivity index (χ3n) is 4.37. The second kappa shape index (κ2) is 7.03. The molecule has 4 nitrogen and oxygen atoms in total. The number of hydrogen-bond donors (Lipinski definition) is 0. The predicted molar refractivity (Wildman–Crippen MR) is 95.5 cm³/mol. The molecule has 1 aromatic rings. The summed E-state index contributed by atoms with van der Waals surface area (Å²) in [6.45, 7) is 6.00. The zero-order valence-corrected chi connectivity index (χ0v) is 15.9. The number of halogens is 1. The maximum Gasteiger partial charge on any atom is 0.333 e. The van der Waals surface area contributed by atoms with Crippen molar-refractivity contribution in [1.82, 2.24) is 0 Å². The van der Waals surface area contributed by atoms with Crippen molar-refractivity contribution in [3.8, 4) is 0 Å². The molecule has 0 aromatic heterocycles. The summed E-state index contributed by atoms with van der Waals surface area (Å²) in [6.07, 6.45) is 1.82. The first kappa shape index (κ1) is 18.0. The number of rotatable bonds is 5.